The van der Waals surface area contributed by atoms with Crippen LogP contribution in [0.5, 0.6) is 0 Å². The number of H-pyrrole nitrogens is 1. The van der Waals surface area contributed by atoms with Crippen LogP contribution in [0.2, 0.25) is 0 Å². The van der Waals surface area contributed by atoms with Gasteiger partial charge in [-0.1, -0.05) is 18.2 Å². The van der Waals surface area contributed by atoms with E-state index in [1.54, 1.807) is 4.57 Å². The molecular formula is C16H17N5O2S. The lowest BCUT2D eigenvalue weighted by Crippen LogP contribution is -2.38. The van der Waals surface area contributed by atoms with Gasteiger partial charge in [0.1, 0.15) is 12.9 Å². The highest BCUT2D eigenvalue weighted by atomic mass is 32.2. The molecule has 1 aromatic carbocycles. The number of carbonyl (C=O) groups excluding carboxylic acids is 1. The summed E-state index contributed by atoms with van der Waals surface area (Å²) in [5, 5.41) is 9.07. The van der Waals surface area contributed by atoms with Crippen molar-refractivity contribution in [2.75, 3.05) is 12.8 Å². The minimum absolute atomic E-state index is 0.0163. The lowest BCUT2D eigenvalue weighted by Gasteiger charge is -2.27. The molecule has 0 aliphatic carbocycles. The first kappa shape index (κ1) is 15.1. The molecule has 0 bridgehead atoms. The van der Waals surface area contributed by atoms with Crippen LogP contribution in [-0.2, 0) is 35.1 Å². The number of carbonyl (C=O) groups is 1. The Balaban J connectivity index is 1.57. The summed E-state index contributed by atoms with van der Waals surface area (Å²) < 4.78 is 13.2. The summed E-state index contributed by atoms with van der Waals surface area (Å²) in [5.74, 6) is -0.0163. The molecule has 0 saturated carbocycles. The van der Waals surface area contributed by atoms with Crippen molar-refractivity contribution in [3.05, 3.63) is 41.9 Å². The molecule has 24 heavy (non-hydrogen) atoms. The molecule has 0 fully saturated rings. The van der Waals surface area contributed by atoms with Gasteiger partial charge in [0, 0.05) is 47.9 Å². The van der Waals surface area contributed by atoms with Crippen LogP contribution in [-0.4, -0.2) is 47.6 Å². The maximum atomic E-state index is 12.6. The summed E-state index contributed by atoms with van der Waals surface area (Å²) >= 11 is 0. The Hall–Kier alpha value is -2.48. The normalized spacial score (nSPS) is 15.5. The van der Waals surface area contributed by atoms with E-state index < -0.39 is 10.8 Å². The second-order valence-corrected chi connectivity index (χ2v) is 7.16. The summed E-state index contributed by atoms with van der Waals surface area (Å²) in [6, 6.07) is 8.15. The summed E-state index contributed by atoms with van der Waals surface area (Å²) in [5.41, 5.74) is 3.51. The van der Waals surface area contributed by atoms with Crippen molar-refractivity contribution in [3.8, 4) is 0 Å². The Morgan fingerprint density at radius 3 is 3.04 bits per heavy atom. The zero-order valence-corrected chi connectivity index (χ0v) is 14.0. The van der Waals surface area contributed by atoms with Crippen LogP contribution >= 0.6 is 0 Å². The summed E-state index contributed by atoms with van der Waals surface area (Å²) in [6.07, 6.45) is 3.80. The fraction of sp³-hybridized carbons (Fsp3) is 0.312. The predicted molar refractivity (Wildman–Crippen MR) is 89.8 cm³/mol. The monoisotopic (exact) mass is 343 g/mol. The minimum atomic E-state index is -1.27. The summed E-state index contributed by atoms with van der Waals surface area (Å²) in [7, 11) is -1.27. The topological polar surface area (TPSA) is 83.9 Å². The fourth-order valence-electron chi connectivity index (χ4n) is 3.20. The SMILES string of the molecule is CS(=O)c1nncn1CC(=O)N1CCc2[nH]c3ccccc3c2C1. The second kappa shape index (κ2) is 5.86. The van der Waals surface area contributed by atoms with Gasteiger partial charge in [0.25, 0.3) is 0 Å². The zero-order chi connectivity index (χ0) is 16.7. The molecule has 0 radical (unpaired) electrons. The van der Waals surface area contributed by atoms with Crippen LogP contribution in [0.3, 0.4) is 0 Å². The first-order valence-corrected chi connectivity index (χ1v) is 9.27. The average Bonchev–Trinajstić information content (AvgIpc) is 3.18. The highest BCUT2D eigenvalue weighted by Crippen LogP contribution is 2.27. The Kier molecular flexibility index (Phi) is 3.68. The predicted octanol–water partition coefficient (Wildman–Crippen LogP) is 1.08. The number of hydrogen-bond donors (Lipinski definition) is 1. The van der Waals surface area contributed by atoms with Gasteiger partial charge >= 0.3 is 0 Å². The molecule has 0 saturated heterocycles. The van der Waals surface area contributed by atoms with E-state index in [-0.39, 0.29) is 12.5 Å². The zero-order valence-electron chi connectivity index (χ0n) is 13.2. The second-order valence-electron chi connectivity index (χ2n) is 5.89. The Bertz CT molecular complexity index is 945. The summed E-state index contributed by atoms with van der Waals surface area (Å²) in [4.78, 5) is 17.9. The quantitative estimate of drug-likeness (QED) is 0.771. The van der Waals surface area contributed by atoms with Gasteiger partial charge in [0.2, 0.25) is 11.1 Å². The van der Waals surface area contributed by atoms with Gasteiger partial charge in [-0.25, -0.2) is 0 Å². The maximum absolute atomic E-state index is 12.6. The number of rotatable bonds is 3. The van der Waals surface area contributed by atoms with E-state index in [2.05, 4.69) is 27.3 Å². The van der Waals surface area contributed by atoms with E-state index in [4.69, 9.17) is 0 Å². The molecule has 3 heterocycles. The van der Waals surface area contributed by atoms with E-state index in [1.807, 2.05) is 17.0 Å². The highest BCUT2D eigenvalue weighted by Gasteiger charge is 2.24. The number of nitrogens with zero attached hydrogens (tertiary/aromatic N) is 4. The maximum Gasteiger partial charge on any atom is 0.242 e. The third-order valence-electron chi connectivity index (χ3n) is 4.38. The Morgan fingerprint density at radius 1 is 1.38 bits per heavy atom. The van der Waals surface area contributed by atoms with Crippen molar-refractivity contribution >= 4 is 27.6 Å². The molecular weight excluding hydrogens is 326 g/mol. The Morgan fingerprint density at radius 2 is 2.21 bits per heavy atom. The van der Waals surface area contributed by atoms with Crippen molar-refractivity contribution < 1.29 is 9.00 Å². The van der Waals surface area contributed by atoms with Gasteiger partial charge in [-0.3, -0.25) is 13.6 Å². The van der Waals surface area contributed by atoms with Crippen molar-refractivity contribution in [2.45, 2.75) is 24.7 Å². The minimum Gasteiger partial charge on any atom is -0.358 e. The largest absolute Gasteiger partial charge is 0.358 e. The van der Waals surface area contributed by atoms with Gasteiger partial charge < -0.3 is 9.88 Å². The first-order valence-electron chi connectivity index (χ1n) is 7.71. The van der Waals surface area contributed by atoms with Crippen molar-refractivity contribution in [2.24, 2.45) is 0 Å². The third-order valence-corrected chi connectivity index (χ3v) is 5.21. The molecule has 1 unspecified atom stereocenters. The molecule has 1 N–H and O–H groups in total. The van der Waals surface area contributed by atoms with Crippen molar-refractivity contribution in [3.63, 3.8) is 0 Å². The molecule has 4 rings (SSSR count). The van der Waals surface area contributed by atoms with Crippen LogP contribution < -0.4 is 0 Å². The number of nitrogens with one attached hydrogen (secondary N) is 1. The van der Waals surface area contributed by atoms with Gasteiger partial charge in [0.05, 0.1) is 10.8 Å². The van der Waals surface area contributed by atoms with E-state index in [0.717, 1.165) is 11.9 Å². The standard InChI is InChI=1S/C16H17N5O2S/c1-24(23)16-19-17-10-21(16)9-15(22)20-7-6-14-12(8-20)11-4-2-3-5-13(11)18-14/h2-5,10,18H,6-9H2,1H3. The smallest absolute Gasteiger partial charge is 0.242 e. The lowest BCUT2D eigenvalue weighted by atomic mass is 10.0. The molecule has 7 nitrogen and oxygen atoms in total. The van der Waals surface area contributed by atoms with E-state index in [0.29, 0.717) is 18.2 Å². The van der Waals surface area contributed by atoms with Gasteiger partial charge in [-0.15, -0.1) is 10.2 Å². The third kappa shape index (κ3) is 2.52. The van der Waals surface area contributed by atoms with E-state index in [9.17, 15) is 9.00 Å². The molecule has 8 heteroatoms. The number of hydrogen-bond acceptors (Lipinski definition) is 4. The average molecular weight is 343 g/mol. The van der Waals surface area contributed by atoms with Crippen molar-refractivity contribution in [1.29, 1.82) is 0 Å². The fourth-order valence-corrected chi connectivity index (χ4v) is 3.80. The van der Waals surface area contributed by atoms with Crippen molar-refractivity contribution in [1.82, 2.24) is 24.6 Å². The molecule has 1 atom stereocenters. The molecule has 0 spiro atoms. The van der Waals surface area contributed by atoms with Gasteiger partial charge in [-0.05, 0) is 6.07 Å². The Labute approximate surface area is 141 Å². The van der Waals surface area contributed by atoms with Gasteiger partial charge in [0.15, 0.2) is 0 Å². The number of para-hydroxylation sites is 1. The van der Waals surface area contributed by atoms with Crippen LogP contribution in [0.15, 0.2) is 35.7 Å². The van der Waals surface area contributed by atoms with Crippen LogP contribution in [0.25, 0.3) is 10.9 Å². The van der Waals surface area contributed by atoms with E-state index >= 15 is 0 Å². The summed E-state index contributed by atoms with van der Waals surface area (Å²) in [6.45, 7) is 1.37. The lowest BCUT2D eigenvalue weighted by molar-refractivity contribution is -0.132. The number of aromatic amines is 1. The molecule has 2 aromatic heterocycles. The van der Waals surface area contributed by atoms with Crippen LogP contribution in [0.1, 0.15) is 11.3 Å². The number of amides is 1. The number of aromatic nitrogens is 4. The number of fused-ring (bicyclic) bond motifs is 3. The van der Waals surface area contributed by atoms with Crippen LogP contribution in [0.4, 0.5) is 0 Å². The first-order chi connectivity index (χ1) is 11.6. The highest BCUT2D eigenvalue weighted by molar-refractivity contribution is 7.84. The number of benzene rings is 1. The molecule has 124 valence electrons. The molecule has 3 aromatic rings. The molecule has 1 amide bonds. The van der Waals surface area contributed by atoms with Crippen LogP contribution in [0, 0.1) is 0 Å². The van der Waals surface area contributed by atoms with Gasteiger partial charge in [-0.2, -0.15) is 0 Å². The molecule has 1 aliphatic heterocycles. The molecule has 1 aliphatic rings. The van der Waals surface area contributed by atoms with E-state index in [1.165, 1.54) is 29.2 Å².